The predicted octanol–water partition coefficient (Wildman–Crippen LogP) is 5.13. The second-order valence-corrected chi connectivity index (χ2v) is 6.30. The summed E-state index contributed by atoms with van der Waals surface area (Å²) in [6.45, 7) is 3.91. The van der Waals surface area contributed by atoms with Crippen LogP contribution >= 0.6 is 15.9 Å². The van der Waals surface area contributed by atoms with Crippen LogP contribution in [-0.4, -0.2) is 5.91 Å². The zero-order valence-electron chi connectivity index (χ0n) is 13.5. The fraction of sp³-hybridized carbons (Fsp3) is 0.100. The van der Waals surface area contributed by atoms with E-state index < -0.39 is 5.91 Å². The molecule has 4 heteroatoms. The van der Waals surface area contributed by atoms with Gasteiger partial charge in [0.15, 0.2) is 0 Å². The summed E-state index contributed by atoms with van der Waals surface area (Å²) < 4.78 is 0.654. The van der Waals surface area contributed by atoms with Crippen LogP contribution < -0.4 is 5.32 Å². The summed E-state index contributed by atoms with van der Waals surface area (Å²) in [4.78, 5) is 12.3. The molecule has 0 aromatic heterocycles. The topological polar surface area (TPSA) is 52.9 Å². The van der Waals surface area contributed by atoms with Gasteiger partial charge in [-0.3, -0.25) is 4.79 Å². The van der Waals surface area contributed by atoms with E-state index in [0.29, 0.717) is 10.2 Å². The summed E-state index contributed by atoms with van der Waals surface area (Å²) in [5.41, 5.74) is 3.80. The molecule has 0 atom stereocenters. The highest BCUT2D eigenvalue weighted by Gasteiger charge is 2.11. The number of carbonyl (C=O) groups excluding carboxylic acids is 1. The van der Waals surface area contributed by atoms with Crippen molar-refractivity contribution in [1.29, 1.82) is 5.26 Å². The molecule has 0 unspecified atom stereocenters. The fourth-order valence-corrected chi connectivity index (χ4v) is 2.67. The lowest BCUT2D eigenvalue weighted by Crippen LogP contribution is -2.14. The molecule has 0 fully saturated rings. The zero-order chi connectivity index (χ0) is 17.5. The van der Waals surface area contributed by atoms with Crippen LogP contribution in [0.2, 0.25) is 0 Å². The SMILES string of the molecule is Cc1ccc(NC(=O)/C(C#N)=C/C(Br)=C/c2ccccc2)c(C)c1. The molecule has 0 saturated carbocycles. The minimum Gasteiger partial charge on any atom is -0.321 e. The summed E-state index contributed by atoms with van der Waals surface area (Å²) in [6.07, 6.45) is 3.37. The normalized spacial score (nSPS) is 11.8. The van der Waals surface area contributed by atoms with Gasteiger partial charge in [0.05, 0.1) is 0 Å². The maximum absolute atomic E-state index is 12.3. The van der Waals surface area contributed by atoms with Crippen LogP contribution in [0.5, 0.6) is 0 Å². The van der Waals surface area contributed by atoms with E-state index in [1.807, 2.05) is 74.5 Å². The molecule has 2 aromatic carbocycles. The van der Waals surface area contributed by atoms with Gasteiger partial charge in [-0.15, -0.1) is 0 Å². The number of halogens is 1. The van der Waals surface area contributed by atoms with E-state index in [1.54, 1.807) is 0 Å². The van der Waals surface area contributed by atoms with Gasteiger partial charge in [-0.2, -0.15) is 5.26 Å². The maximum atomic E-state index is 12.3. The Hall–Kier alpha value is -2.64. The smallest absolute Gasteiger partial charge is 0.266 e. The Labute approximate surface area is 150 Å². The van der Waals surface area contributed by atoms with Crippen LogP contribution in [0.3, 0.4) is 0 Å². The lowest BCUT2D eigenvalue weighted by molar-refractivity contribution is -0.112. The second-order valence-electron chi connectivity index (χ2n) is 5.38. The number of nitrogens with one attached hydrogen (secondary N) is 1. The van der Waals surface area contributed by atoms with Gasteiger partial charge in [0.2, 0.25) is 0 Å². The van der Waals surface area contributed by atoms with Crippen LogP contribution in [0, 0.1) is 25.2 Å². The third kappa shape index (κ3) is 4.94. The number of hydrogen-bond acceptors (Lipinski definition) is 2. The average Bonchev–Trinajstić information content (AvgIpc) is 2.56. The van der Waals surface area contributed by atoms with Gasteiger partial charge in [-0.05, 0) is 43.2 Å². The third-order valence-electron chi connectivity index (χ3n) is 3.38. The van der Waals surface area contributed by atoms with E-state index in [-0.39, 0.29) is 5.57 Å². The molecule has 1 N–H and O–H groups in total. The number of anilines is 1. The lowest BCUT2D eigenvalue weighted by atomic mass is 10.1. The molecule has 0 aliphatic heterocycles. The number of amides is 1. The molecule has 3 nitrogen and oxygen atoms in total. The predicted molar refractivity (Wildman–Crippen MR) is 102 cm³/mol. The van der Waals surface area contributed by atoms with E-state index in [1.165, 1.54) is 6.08 Å². The number of hydrogen-bond donors (Lipinski definition) is 1. The minimum atomic E-state index is -0.428. The molecule has 0 bridgehead atoms. The largest absolute Gasteiger partial charge is 0.321 e. The average molecular weight is 381 g/mol. The van der Waals surface area contributed by atoms with Crippen molar-refractivity contribution in [1.82, 2.24) is 0 Å². The molecule has 0 aliphatic carbocycles. The van der Waals surface area contributed by atoms with Crippen molar-refractivity contribution in [2.24, 2.45) is 0 Å². The monoisotopic (exact) mass is 380 g/mol. The number of nitrogens with zero attached hydrogens (tertiary/aromatic N) is 1. The van der Waals surface area contributed by atoms with Crippen molar-refractivity contribution in [2.75, 3.05) is 5.32 Å². The first-order chi connectivity index (χ1) is 11.5. The fourth-order valence-electron chi connectivity index (χ4n) is 2.18. The highest BCUT2D eigenvalue weighted by Crippen LogP contribution is 2.19. The van der Waals surface area contributed by atoms with Gasteiger partial charge in [-0.25, -0.2) is 0 Å². The van der Waals surface area contributed by atoms with Crippen molar-refractivity contribution < 1.29 is 4.79 Å². The molecule has 1 amide bonds. The number of rotatable bonds is 4. The molecular formula is C20H17BrN2O. The Bertz CT molecular complexity index is 846. The van der Waals surface area contributed by atoms with Gasteiger partial charge in [-0.1, -0.05) is 64.0 Å². The second kappa shape index (κ2) is 8.28. The summed E-state index contributed by atoms with van der Waals surface area (Å²) in [6, 6.07) is 17.4. The molecule has 0 spiro atoms. The summed E-state index contributed by atoms with van der Waals surface area (Å²) in [5.74, 6) is -0.428. The van der Waals surface area contributed by atoms with Gasteiger partial charge >= 0.3 is 0 Å². The molecule has 2 aromatic rings. The number of aryl methyl sites for hydroxylation is 2. The Morgan fingerprint density at radius 2 is 1.88 bits per heavy atom. The Morgan fingerprint density at radius 1 is 1.17 bits per heavy atom. The number of benzene rings is 2. The van der Waals surface area contributed by atoms with E-state index in [9.17, 15) is 10.1 Å². The van der Waals surface area contributed by atoms with E-state index in [2.05, 4.69) is 21.2 Å². The molecule has 0 heterocycles. The van der Waals surface area contributed by atoms with E-state index in [4.69, 9.17) is 0 Å². The first-order valence-electron chi connectivity index (χ1n) is 7.42. The standard InChI is InChI=1S/C20H17BrN2O/c1-14-8-9-19(15(2)10-14)23-20(24)17(13-22)12-18(21)11-16-6-4-3-5-7-16/h3-12H,1-2H3,(H,23,24)/b17-12+,18-11-. The van der Waals surface area contributed by atoms with Crippen LogP contribution in [-0.2, 0) is 4.79 Å². The number of allylic oxidation sites excluding steroid dienone is 2. The molecule has 24 heavy (non-hydrogen) atoms. The Morgan fingerprint density at radius 3 is 2.50 bits per heavy atom. The number of nitriles is 1. The van der Waals surface area contributed by atoms with Crippen molar-refractivity contribution in [3.63, 3.8) is 0 Å². The van der Waals surface area contributed by atoms with Crippen LogP contribution in [0.4, 0.5) is 5.69 Å². The van der Waals surface area contributed by atoms with E-state index >= 15 is 0 Å². The molecule has 2 rings (SSSR count). The highest BCUT2D eigenvalue weighted by atomic mass is 79.9. The van der Waals surface area contributed by atoms with E-state index in [0.717, 1.165) is 16.7 Å². The Balaban J connectivity index is 2.19. The molecule has 0 radical (unpaired) electrons. The van der Waals surface area contributed by atoms with Crippen molar-refractivity contribution in [3.8, 4) is 6.07 Å². The third-order valence-corrected chi connectivity index (χ3v) is 3.84. The van der Waals surface area contributed by atoms with Crippen LogP contribution in [0.15, 0.2) is 64.7 Å². The van der Waals surface area contributed by atoms with Crippen molar-refractivity contribution in [2.45, 2.75) is 13.8 Å². The summed E-state index contributed by atoms with van der Waals surface area (Å²) >= 11 is 3.39. The maximum Gasteiger partial charge on any atom is 0.266 e. The molecule has 120 valence electrons. The molecule has 0 aliphatic rings. The first-order valence-corrected chi connectivity index (χ1v) is 8.21. The van der Waals surface area contributed by atoms with Gasteiger partial charge < -0.3 is 5.32 Å². The van der Waals surface area contributed by atoms with Gasteiger partial charge in [0.1, 0.15) is 11.6 Å². The van der Waals surface area contributed by atoms with Gasteiger partial charge in [0, 0.05) is 10.2 Å². The highest BCUT2D eigenvalue weighted by molar-refractivity contribution is 9.12. The lowest BCUT2D eigenvalue weighted by Gasteiger charge is -2.08. The quantitative estimate of drug-likeness (QED) is 0.454. The van der Waals surface area contributed by atoms with Gasteiger partial charge in [0.25, 0.3) is 5.91 Å². The first kappa shape index (κ1) is 17.7. The zero-order valence-corrected chi connectivity index (χ0v) is 15.1. The van der Waals surface area contributed by atoms with Crippen molar-refractivity contribution >= 4 is 33.6 Å². The summed E-state index contributed by atoms with van der Waals surface area (Å²) in [5, 5.41) is 12.1. The Kier molecular flexibility index (Phi) is 6.11. The van der Waals surface area contributed by atoms with Crippen LogP contribution in [0.25, 0.3) is 6.08 Å². The van der Waals surface area contributed by atoms with Crippen molar-refractivity contribution in [3.05, 3.63) is 81.4 Å². The van der Waals surface area contributed by atoms with Crippen LogP contribution in [0.1, 0.15) is 16.7 Å². The molecule has 0 saturated heterocycles. The minimum absolute atomic E-state index is 0.0361. The molecular weight excluding hydrogens is 364 g/mol. The number of carbonyl (C=O) groups is 1. The summed E-state index contributed by atoms with van der Waals surface area (Å²) in [7, 11) is 0.